The van der Waals surface area contributed by atoms with Crippen molar-refractivity contribution in [1.29, 1.82) is 0 Å². The Kier molecular flexibility index (Phi) is 5.34. The van der Waals surface area contributed by atoms with Crippen molar-refractivity contribution >= 4 is 5.97 Å². The highest BCUT2D eigenvalue weighted by Gasteiger charge is 2.33. The monoisotopic (exact) mass is 317 g/mol. The molecule has 1 saturated carbocycles. The van der Waals surface area contributed by atoms with E-state index in [0.717, 1.165) is 18.4 Å². The molecule has 2 N–H and O–H groups in total. The zero-order valence-corrected chi connectivity index (χ0v) is 13.8. The van der Waals surface area contributed by atoms with Gasteiger partial charge in [0.05, 0.1) is 18.8 Å². The fourth-order valence-electron chi connectivity index (χ4n) is 4.12. The van der Waals surface area contributed by atoms with Crippen LogP contribution in [0.4, 0.5) is 0 Å². The molecule has 2 fully saturated rings. The molecule has 126 valence electrons. The first-order valence-electron chi connectivity index (χ1n) is 8.79. The Morgan fingerprint density at radius 1 is 1.13 bits per heavy atom. The van der Waals surface area contributed by atoms with E-state index >= 15 is 0 Å². The average molecular weight is 317 g/mol. The second-order valence-corrected chi connectivity index (χ2v) is 6.96. The van der Waals surface area contributed by atoms with Crippen LogP contribution in [-0.2, 0) is 4.74 Å². The van der Waals surface area contributed by atoms with Crippen molar-refractivity contribution in [1.82, 2.24) is 5.32 Å². The summed E-state index contributed by atoms with van der Waals surface area (Å²) in [7, 11) is 1.39. The maximum Gasteiger partial charge on any atom is 0.337 e. The molecule has 0 amide bonds. The van der Waals surface area contributed by atoms with Gasteiger partial charge in [0.2, 0.25) is 0 Å². The van der Waals surface area contributed by atoms with Crippen LogP contribution in [0.3, 0.4) is 0 Å². The molecule has 1 aromatic rings. The fourth-order valence-corrected chi connectivity index (χ4v) is 4.12. The van der Waals surface area contributed by atoms with Crippen molar-refractivity contribution in [2.45, 2.75) is 63.1 Å². The minimum atomic E-state index is -0.312. The number of hydrogen-bond acceptors (Lipinski definition) is 4. The molecule has 1 aliphatic carbocycles. The number of carbonyl (C=O) groups is 1. The lowest BCUT2D eigenvalue weighted by molar-refractivity contribution is 0.0599. The number of aliphatic hydroxyl groups excluding tert-OH is 1. The third-order valence-corrected chi connectivity index (χ3v) is 5.40. The summed E-state index contributed by atoms with van der Waals surface area (Å²) in [6.45, 7) is 0. The van der Waals surface area contributed by atoms with Gasteiger partial charge in [-0.25, -0.2) is 4.79 Å². The van der Waals surface area contributed by atoms with E-state index in [2.05, 4.69) is 5.32 Å². The lowest BCUT2D eigenvalue weighted by atomic mass is 9.78. The normalized spacial score (nSPS) is 29.2. The summed E-state index contributed by atoms with van der Waals surface area (Å²) >= 11 is 0. The number of piperidine rings is 1. The number of rotatable bonds is 3. The van der Waals surface area contributed by atoms with Crippen LogP contribution in [0.1, 0.15) is 66.9 Å². The smallest absolute Gasteiger partial charge is 0.337 e. The quantitative estimate of drug-likeness (QED) is 0.841. The van der Waals surface area contributed by atoms with Gasteiger partial charge in [-0.15, -0.1) is 0 Å². The molecule has 3 atom stereocenters. The number of ether oxygens (including phenoxy) is 1. The van der Waals surface area contributed by atoms with Crippen molar-refractivity contribution in [3.63, 3.8) is 0 Å². The second-order valence-electron chi connectivity index (χ2n) is 6.96. The van der Waals surface area contributed by atoms with E-state index in [4.69, 9.17) is 4.74 Å². The largest absolute Gasteiger partial charge is 0.465 e. The Labute approximate surface area is 138 Å². The fraction of sp³-hybridized carbons (Fsp3) is 0.632. The lowest BCUT2D eigenvalue weighted by Gasteiger charge is -2.40. The highest BCUT2D eigenvalue weighted by atomic mass is 16.5. The van der Waals surface area contributed by atoms with Crippen molar-refractivity contribution in [3.8, 4) is 0 Å². The number of hydrogen-bond donors (Lipinski definition) is 2. The van der Waals surface area contributed by atoms with Crippen LogP contribution < -0.4 is 5.32 Å². The molecule has 0 radical (unpaired) electrons. The van der Waals surface area contributed by atoms with E-state index in [1.807, 2.05) is 12.1 Å². The molecule has 0 aromatic heterocycles. The van der Waals surface area contributed by atoms with E-state index in [0.29, 0.717) is 17.5 Å². The maximum absolute atomic E-state index is 11.5. The molecule has 1 aliphatic heterocycles. The number of aliphatic hydroxyl groups is 1. The summed E-state index contributed by atoms with van der Waals surface area (Å²) in [5, 5.41) is 14.1. The van der Waals surface area contributed by atoms with Crippen LogP contribution in [0.25, 0.3) is 0 Å². The van der Waals surface area contributed by atoms with E-state index in [1.165, 1.54) is 39.2 Å². The summed E-state index contributed by atoms with van der Waals surface area (Å²) in [5.41, 5.74) is 1.70. The van der Waals surface area contributed by atoms with Crippen LogP contribution in [0.5, 0.6) is 0 Å². The predicted molar refractivity (Wildman–Crippen MR) is 89.3 cm³/mol. The number of benzene rings is 1. The molecule has 4 nitrogen and oxygen atoms in total. The number of nitrogens with one attached hydrogen (secondary N) is 1. The van der Waals surface area contributed by atoms with Gasteiger partial charge in [0.1, 0.15) is 0 Å². The van der Waals surface area contributed by atoms with Gasteiger partial charge in [0.15, 0.2) is 0 Å². The second kappa shape index (κ2) is 7.45. The summed E-state index contributed by atoms with van der Waals surface area (Å²) < 4.78 is 4.74. The SMILES string of the molecule is COC(=O)c1ccc([C@H]2C[C@@H](O)C[C@@H](C3CCCCC3)N2)cc1. The van der Waals surface area contributed by atoms with E-state index in [1.54, 1.807) is 12.1 Å². The number of esters is 1. The van der Waals surface area contributed by atoms with Gasteiger partial charge in [0, 0.05) is 12.1 Å². The Morgan fingerprint density at radius 2 is 1.83 bits per heavy atom. The van der Waals surface area contributed by atoms with Crippen molar-refractivity contribution in [2.75, 3.05) is 7.11 Å². The average Bonchev–Trinajstić information content (AvgIpc) is 2.61. The standard InChI is InChI=1S/C19H27NO3/c1-23-19(22)15-9-7-14(8-10-15)18-12-16(21)11-17(20-18)13-5-3-2-4-6-13/h7-10,13,16-18,20-21H,2-6,11-12H2,1H3/t16-,17-,18+/m0/s1. The first-order chi connectivity index (χ1) is 11.2. The van der Waals surface area contributed by atoms with Crippen molar-refractivity contribution in [3.05, 3.63) is 35.4 Å². The lowest BCUT2D eigenvalue weighted by Crippen LogP contribution is -2.47. The van der Waals surface area contributed by atoms with Crippen LogP contribution in [-0.4, -0.2) is 30.3 Å². The highest BCUT2D eigenvalue weighted by Crippen LogP contribution is 2.34. The molecule has 1 aromatic carbocycles. The zero-order valence-electron chi connectivity index (χ0n) is 13.8. The Morgan fingerprint density at radius 3 is 2.48 bits per heavy atom. The molecule has 3 rings (SSSR count). The summed E-state index contributed by atoms with van der Waals surface area (Å²) in [5.74, 6) is 0.379. The van der Waals surface area contributed by atoms with Crippen molar-refractivity contribution in [2.24, 2.45) is 5.92 Å². The number of carbonyl (C=O) groups excluding carboxylic acids is 1. The van der Waals surface area contributed by atoms with Gasteiger partial charge < -0.3 is 15.2 Å². The third-order valence-electron chi connectivity index (χ3n) is 5.40. The molecule has 1 saturated heterocycles. The highest BCUT2D eigenvalue weighted by molar-refractivity contribution is 5.89. The molecular weight excluding hydrogens is 290 g/mol. The van der Waals surface area contributed by atoms with E-state index in [9.17, 15) is 9.90 Å². The van der Waals surface area contributed by atoms with E-state index in [-0.39, 0.29) is 18.1 Å². The Bertz CT molecular complexity index is 522. The minimum absolute atomic E-state index is 0.164. The Balaban J connectivity index is 1.69. The van der Waals surface area contributed by atoms with Crippen molar-refractivity contribution < 1.29 is 14.6 Å². The third kappa shape index (κ3) is 3.93. The van der Waals surface area contributed by atoms with Gasteiger partial charge in [0.25, 0.3) is 0 Å². The zero-order chi connectivity index (χ0) is 16.2. The molecule has 2 aliphatic rings. The molecule has 23 heavy (non-hydrogen) atoms. The molecule has 1 heterocycles. The van der Waals surface area contributed by atoms with Crippen LogP contribution in [0.2, 0.25) is 0 Å². The van der Waals surface area contributed by atoms with Crippen LogP contribution in [0, 0.1) is 5.92 Å². The van der Waals surface area contributed by atoms with Gasteiger partial charge in [-0.3, -0.25) is 0 Å². The molecule has 0 unspecified atom stereocenters. The predicted octanol–water partition coefficient (Wildman–Crippen LogP) is 3.21. The van der Waals surface area contributed by atoms with Gasteiger partial charge >= 0.3 is 5.97 Å². The van der Waals surface area contributed by atoms with Gasteiger partial charge in [-0.2, -0.15) is 0 Å². The molecular formula is C19H27NO3. The van der Waals surface area contributed by atoms with E-state index < -0.39 is 0 Å². The summed E-state index contributed by atoms with van der Waals surface area (Å²) in [4.78, 5) is 11.5. The van der Waals surface area contributed by atoms with Crippen LogP contribution in [0.15, 0.2) is 24.3 Å². The Hall–Kier alpha value is -1.39. The first-order valence-corrected chi connectivity index (χ1v) is 8.79. The van der Waals surface area contributed by atoms with Gasteiger partial charge in [-0.05, 0) is 49.3 Å². The molecule has 0 spiro atoms. The topological polar surface area (TPSA) is 58.6 Å². The summed E-state index contributed by atoms with van der Waals surface area (Å²) in [6, 6.07) is 8.13. The molecule has 0 bridgehead atoms. The van der Waals surface area contributed by atoms with Crippen LogP contribution >= 0.6 is 0 Å². The maximum atomic E-state index is 11.5. The first kappa shape index (κ1) is 16.5. The molecule has 4 heteroatoms. The van der Waals surface area contributed by atoms with Gasteiger partial charge in [-0.1, -0.05) is 31.4 Å². The summed E-state index contributed by atoms with van der Waals surface area (Å²) in [6.07, 6.45) is 7.89. The number of methoxy groups -OCH3 is 1. The minimum Gasteiger partial charge on any atom is -0.465 e.